The predicted octanol–water partition coefficient (Wildman–Crippen LogP) is 2.39. The molecule has 1 heterocycles. The van der Waals surface area contributed by atoms with Gasteiger partial charge in [-0.3, -0.25) is 4.79 Å². The Bertz CT molecular complexity index is 927. The number of hydrogen-bond acceptors (Lipinski definition) is 6. The van der Waals surface area contributed by atoms with Crippen LogP contribution in [0.4, 0.5) is 5.82 Å². The van der Waals surface area contributed by atoms with Gasteiger partial charge in [0.25, 0.3) is 0 Å². The van der Waals surface area contributed by atoms with Gasteiger partial charge >= 0.3 is 0 Å². The molecule has 7 heteroatoms. The second-order valence-electron chi connectivity index (χ2n) is 6.87. The van der Waals surface area contributed by atoms with Gasteiger partial charge in [-0.15, -0.1) is 0 Å². The summed E-state index contributed by atoms with van der Waals surface area (Å²) in [6, 6.07) is 13.1. The molecule has 1 aromatic carbocycles. The van der Waals surface area contributed by atoms with Crippen LogP contribution < -0.4 is 11.5 Å². The lowest BCUT2D eigenvalue weighted by Gasteiger charge is -2.17. The molecule has 0 bridgehead atoms. The molecule has 0 aliphatic carbocycles. The number of ether oxygens (including phenoxy) is 1. The van der Waals surface area contributed by atoms with Crippen molar-refractivity contribution >= 4 is 11.7 Å². The maximum atomic E-state index is 12.0. The standard InChI is InChI=1S/C21H23N5O2/c1-13(2)11-28-12-18-16(9-22)19(26-20(24)17(18)10-23)8-15(21(25)27)14-6-4-3-5-7-14/h3-7,13,15H,8,11-12H2,1-2H3,(H2,24,26)(H2,25,27). The van der Waals surface area contributed by atoms with E-state index in [1.165, 1.54) is 0 Å². The normalized spacial score (nSPS) is 11.6. The Kier molecular flexibility index (Phi) is 7.08. The smallest absolute Gasteiger partial charge is 0.225 e. The van der Waals surface area contributed by atoms with E-state index < -0.39 is 11.8 Å². The van der Waals surface area contributed by atoms with Crippen molar-refractivity contribution in [1.82, 2.24) is 4.98 Å². The van der Waals surface area contributed by atoms with E-state index in [2.05, 4.69) is 11.1 Å². The average Bonchev–Trinajstić information content (AvgIpc) is 2.66. The van der Waals surface area contributed by atoms with Crippen LogP contribution in [0.15, 0.2) is 30.3 Å². The number of amides is 1. The fourth-order valence-electron chi connectivity index (χ4n) is 2.92. The van der Waals surface area contributed by atoms with Crippen LogP contribution in [0.1, 0.15) is 47.7 Å². The Morgan fingerprint density at radius 1 is 1.18 bits per heavy atom. The lowest BCUT2D eigenvalue weighted by Crippen LogP contribution is -2.24. The molecular formula is C21H23N5O2. The van der Waals surface area contributed by atoms with Gasteiger partial charge in [0.15, 0.2) is 0 Å². The van der Waals surface area contributed by atoms with E-state index >= 15 is 0 Å². The molecule has 2 aromatic rings. The number of benzene rings is 1. The van der Waals surface area contributed by atoms with Crippen LogP contribution in [0.3, 0.4) is 0 Å². The molecule has 0 spiro atoms. The first-order chi connectivity index (χ1) is 13.4. The summed E-state index contributed by atoms with van der Waals surface area (Å²) >= 11 is 0. The zero-order valence-electron chi connectivity index (χ0n) is 16.0. The van der Waals surface area contributed by atoms with Crippen molar-refractivity contribution in [3.05, 3.63) is 58.3 Å². The summed E-state index contributed by atoms with van der Waals surface area (Å²) in [4.78, 5) is 16.3. The molecule has 0 aliphatic heterocycles. The van der Waals surface area contributed by atoms with Crippen LogP contribution in [0.2, 0.25) is 0 Å². The maximum absolute atomic E-state index is 12.0. The lowest BCUT2D eigenvalue weighted by atomic mass is 9.90. The van der Waals surface area contributed by atoms with E-state index in [9.17, 15) is 15.3 Å². The van der Waals surface area contributed by atoms with E-state index in [1.54, 1.807) is 12.1 Å². The minimum atomic E-state index is -0.669. The number of anilines is 1. The second-order valence-corrected chi connectivity index (χ2v) is 6.87. The monoisotopic (exact) mass is 377 g/mol. The first kappa shape index (κ1) is 20.9. The van der Waals surface area contributed by atoms with Crippen molar-refractivity contribution in [3.8, 4) is 12.1 Å². The third-order valence-corrected chi connectivity index (χ3v) is 4.27. The number of aromatic nitrogens is 1. The Morgan fingerprint density at radius 2 is 1.82 bits per heavy atom. The summed E-state index contributed by atoms with van der Waals surface area (Å²) in [5.41, 5.74) is 13.3. The van der Waals surface area contributed by atoms with Crippen molar-refractivity contribution in [2.45, 2.75) is 32.8 Å². The van der Waals surface area contributed by atoms with Gasteiger partial charge in [-0.1, -0.05) is 44.2 Å². The zero-order valence-corrected chi connectivity index (χ0v) is 16.0. The first-order valence-corrected chi connectivity index (χ1v) is 8.92. The molecule has 1 atom stereocenters. The van der Waals surface area contributed by atoms with Crippen LogP contribution >= 0.6 is 0 Å². The number of nitrogens with two attached hydrogens (primary N) is 2. The molecule has 0 saturated heterocycles. The number of nitrogens with zero attached hydrogens (tertiary/aromatic N) is 3. The van der Waals surface area contributed by atoms with Gasteiger partial charge in [0.2, 0.25) is 5.91 Å². The van der Waals surface area contributed by atoms with Gasteiger partial charge < -0.3 is 16.2 Å². The molecule has 0 saturated carbocycles. The van der Waals surface area contributed by atoms with E-state index in [0.717, 1.165) is 5.56 Å². The fourth-order valence-corrected chi connectivity index (χ4v) is 2.92. The fraction of sp³-hybridized carbons (Fsp3) is 0.333. The highest BCUT2D eigenvalue weighted by molar-refractivity contribution is 5.82. The number of hydrogen-bond donors (Lipinski definition) is 2. The Hall–Kier alpha value is -3.42. The highest BCUT2D eigenvalue weighted by atomic mass is 16.5. The van der Waals surface area contributed by atoms with Gasteiger partial charge in [0.05, 0.1) is 23.8 Å². The van der Waals surface area contributed by atoms with Gasteiger partial charge in [-0.25, -0.2) is 4.98 Å². The number of carbonyl (C=O) groups excluding carboxylic acids is 1. The Labute approximate surface area is 164 Å². The van der Waals surface area contributed by atoms with E-state index in [-0.39, 0.29) is 30.0 Å². The highest BCUT2D eigenvalue weighted by Gasteiger charge is 2.25. The number of rotatable bonds is 8. The molecular weight excluding hydrogens is 354 g/mol. The van der Waals surface area contributed by atoms with Gasteiger partial charge in [-0.2, -0.15) is 10.5 Å². The van der Waals surface area contributed by atoms with E-state index in [4.69, 9.17) is 16.2 Å². The SMILES string of the molecule is CC(C)COCc1c(C#N)c(N)nc(CC(C(N)=O)c2ccccc2)c1C#N. The summed E-state index contributed by atoms with van der Waals surface area (Å²) in [5.74, 6) is -0.891. The number of nitriles is 2. The molecule has 1 aromatic heterocycles. The van der Waals surface area contributed by atoms with Gasteiger partial charge in [0, 0.05) is 18.6 Å². The molecule has 4 N–H and O–H groups in total. The number of primary amides is 1. The van der Waals surface area contributed by atoms with Crippen LogP contribution in [-0.2, 0) is 22.6 Å². The van der Waals surface area contributed by atoms with Crippen molar-refractivity contribution < 1.29 is 9.53 Å². The average molecular weight is 377 g/mol. The molecule has 1 amide bonds. The zero-order chi connectivity index (χ0) is 20.7. The molecule has 0 fully saturated rings. The van der Waals surface area contributed by atoms with Crippen LogP contribution in [0.5, 0.6) is 0 Å². The van der Waals surface area contributed by atoms with Crippen molar-refractivity contribution in [1.29, 1.82) is 10.5 Å². The molecule has 7 nitrogen and oxygen atoms in total. The number of pyridine rings is 1. The molecule has 0 radical (unpaired) electrons. The van der Waals surface area contributed by atoms with Crippen LogP contribution in [0.25, 0.3) is 0 Å². The third-order valence-electron chi connectivity index (χ3n) is 4.27. The Morgan fingerprint density at radius 3 is 2.36 bits per heavy atom. The molecule has 2 rings (SSSR count). The quantitative estimate of drug-likeness (QED) is 0.724. The lowest BCUT2D eigenvalue weighted by molar-refractivity contribution is -0.119. The summed E-state index contributed by atoms with van der Waals surface area (Å²) in [7, 11) is 0. The topological polar surface area (TPSA) is 139 Å². The van der Waals surface area contributed by atoms with Crippen molar-refractivity contribution in [2.75, 3.05) is 12.3 Å². The van der Waals surface area contributed by atoms with E-state index in [1.807, 2.05) is 38.1 Å². The molecule has 0 aliphatic rings. The molecule has 144 valence electrons. The summed E-state index contributed by atoms with van der Waals surface area (Å²) < 4.78 is 5.64. The summed E-state index contributed by atoms with van der Waals surface area (Å²) in [6.45, 7) is 4.54. The first-order valence-electron chi connectivity index (χ1n) is 8.92. The van der Waals surface area contributed by atoms with Crippen molar-refractivity contribution in [3.63, 3.8) is 0 Å². The number of carbonyl (C=O) groups is 1. The highest BCUT2D eigenvalue weighted by Crippen LogP contribution is 2.27. The van der Waals surface area contributed by atoms with Crippen LogP contribution in [-0.4, -0.2) is 17.5 Å². The molecule has 1 unspecified atom stereocenters. The van der Waals surface area contributed by atoms with Crippen molar-refractivity contribution in [2.24, 2.45) is 11.7 Å². The Balaban J connectivity index is 2.49. The maximum Gasteiger partial charge on any atom is 0.225 e. The summed E-state index contributed by atoms with van der Waals surface area (Å²) in [5, 5.41) is 19.2. The second kappa shape index (κ2) is 9.50. The summed E-state index contributed by atoms with van der Waals surface area (Å²) in [6.07, 6.45) is 0.106. The minimum absolute atomic E-state index is 0.0101. The van der Waals surface area contributed by atoms with Crippen LogP contribution in [0, 0.1) is 28.6 Å². The third kappa shape index (κ3) is 4.85. The molecule has 28 heavy (non-hydrogen) atoms. The predicted molar refractivity (Wildman–Crippen MR) is 105 cm³/mol. The van der Waals surface area contributed by atoms with E-state index in [0.29, 0.717) is 23.8 Å². The minimum Gasteiger partial charge on any atom is -0.383 e. The van der Waals surface area contributed by atoms with Gasteiger partial charge in [-0.05, 0) is 11.5 Å². The van der Waals surface area contributed by atoms with Gasteiger partial charge in [0.1, 0.15) is 23.5 Å². The largest absolute Gasteiger partial charge is 0.383 e. The number of nitrogen functional groups attached to an aromatic ring is 1.